The van der Waals surface area contributed by atoms with Crippen LogP contribution in [0.2, 0.25) is 0 Å². The van der Waals surface area contributed by atoms with Crippen molar-refractivity contribution in [1.29, 1.82) is 0 Å². The summed E-state index contributed by atoms with van der Waals surface area (Å²) in [6, 6.07) is 9.22. The van der Waals surface area contributed by atoms with Gasteiger partial charge in [-0.2, -0.15) is 0 Å². The van der Waals surface area contributed by atoms with Gasteiger partial charge in [0.15, 0.2) is 0 Å². The van der Waals surface area contributed by atoms with Crippen LogP contribution in [-0.2, 0) is 12.8 Å². The molecule has 7 atom stereocenters. The maximum absolute atomic E-state index is 4.24. The predicted octanol–water partition coefficient (Wildman–Crippen LogP) is 6.55. The van der Waals surface area contributed by atoms with Crippen LogP contribution in [-0.4, -0.2) is 0 Å². The lowest BCUT2D eigenvalue weighted by Crippen LogP contribution is -2.46. The Morgan fingerprint density at radius 2 is 1.83 bits per heavy atom. The second-order valence-electron chi connectivity index (χ2n) is 8.60. The first-order chi connectivity index (χ1) is 11.6. The van der Waals surface area contributed by atoms with Gasteiger partial charge in [0.2, 0.25) is 0 Å². The van der Waals surface area contributed by atoms with Crippen molar-refractivity contribution in [2.24, 2.45) is 41.4 Å². The molecule has 1 aromatic rings. The second kappa shape index (κ2) is 7.46. The van der Waals surface area contributed by atoms with Crippen LogP contribution in [0.4, 0.5) is 0 Å². The highest BCUT2D eigenvalue weighted by atomic mass is 14.6. The molecule has 7 unspecified atom stereocenters. The summed E-state index contributed by atoms with van der Waals surface area (Å²) in [7, 11) is 0. The molecule has 0 aromatic heterocycles. The summed E-state index contributed by atoms with van der Waals surface area (Å²) in [6.07, 6.45) is 8.83. The SMILES string of the molecule is C=CC(Cc1cccc(CC)c1)C1CC(CCC)C2C(C)C(C)C12. The third-order valence-corrected chi connectivity index (χ3v) is 7.48. The normalized spacial score (nSPS) is 36.0. The number of rotatable bonds is 7. The fourth-order valence-electron chi connectivity index (χ4n) is 6.14. The number of fused-ring (bicyclic) bond motifs is 1. The Bertz CT molecular complexity index is 557. The van der Waals surface area contributed by atoms with Crippen LogP contribution >= 0.6 is 0 Å². The zero-order valence-corrected chi connectivity index (χ0v) is 16.2. The van der Waals surface area contributed by atoms with Gasteiger partial charge in [-0.05, 0) is 71.8 Å². The fourth-order valence-corrected chi connectivity index (χ4v) is 6.14. The summed E-state index contributed by atoms with van der Waals surface area (Å²) < 4.78 is 0. The smallest absolute Gasteiger partial charge is 0.0164 e. The van der Waals surface area contributed by atoms with E-state index in [-0.39, 0.29) is 0 Å². The van der Waals surface area contributed by atoms with Gasteiger partial charge in [0.05, 0.1) is 0 Å². The van der Waals surface area contributed by atoms with Crippen LogP contribution in [0.25, 0.3) is 0 Å². The van der Waals surface area contributed by atoms with Crippen LogP contribution in [0.1, 0.15) is 58.1 Å². The first-order valence-electron chi connectivity index (χ1n) is 10.3. The Labute approximate surface area is 149 Å². The third kappa shape index (κ3) is 3.09. The molecule has 0 amide bonds. The molecule has 0 saturated heterocycles. The van der Waals surface area contributed by atoms with Gasteiger partial charge in [0.1, 0.15) is 0 Å². The first kappa shape index (κ1) is 17.8. The lowest BCUT2D eigenvalue weighted by atomic mass is 9.54. The molecule has 0 spiro atoms. The van der Waals surface area contributed by atoms with Crippen molar-refractivity contribution in [3.63, 3.8) is 0 Å². The van der Waals surface area contributed by atoms with Gasteiger partial charge < -0.3 is 0 Å². The molecule has 24 heavy (non-hydrogen) atoms. The molecular formula is C24H36. The Morgan fingerprint density at radius 1 is 1.12 bits per heavy atom. The van der Waals surface area contributed by atoms with Gasteiger partial charge in [0.25, 0.3) is 0 Å². The van der Waals surface area contributed by atoms with E-state index in [1.54, 1.807) is 0 Å². The number of benzene rings is 1. The zero-order valence-electron chi connectivity index (χ0n) is 16.2. The van der Waals surface area contributed by atoms with E-state index >= 15 is 0 Å². The highest BCUT2D eigenvalue weighted by Crippen LogP contribution is 2.63. The predicted molar refractivity (Wildman–Crippen MR) is 105 cm³/mol. The molecule has 0 nitrogen and oxygen atoms in total. The molecule has 0 radical (unpaired) electrons. The second-order valence-corrected chi connectivity index (χ2v) is 8.60. The van der Waals surface area contributed by atoms with Crippen molar-refractivity contribution in [2.75, 3.05) is 0 Å². The van der Waals surface area contributed by atoms with Crippen molar-refractivity contribution >= 4 is 0 Å². The highest BCUT2D eigenvalue weighted by Gasteiger charge is 2.57. The van der Waals surface area contributed by atoms with E-state index in [1.165, 1.54) is 36.8 Å². The van der Waals surface area contributed by atoms with Gasteiger partial charge in [0, 0.05) is 0 Å². The largest absolute Gasteiger partial charge is 0.103 e. The summed E-state index contributed by atoms with van der Waals surface area (Å²) in [5, 5.41) is 0. The van der Waals surface area contributed by atoms with Crippen molar-refractivity contribution in [2.45, 2.75) is 59.8 Å². The van der Waals surface area contributed by atoms with E-state index in [0.717, 1.165) is 41.9 Å². The fraction of sp³-hybridized carbons (Fsp3) is 0.667. The average Bonchev–Trinajstić information content (AvgIpc) is 2.95. The number of hydrogen-bond donors (Lipinski definition) is 0. The van der Waals surface area contributed by atoms with Crippen LogP contribution < -0.4 is 0 Å². The first-order valence-corrected chi connectivity index (χ1v) is 10.3. The van der Waals surface area contributed by atoms with Crippen LogP contribution in [0.5, 0.6) is 0 Å². The summed E-state index contributed by atoms with van der Waals surface area (Å²) in [6.45, 7) is 13.9. The quantitative estimate of drug-likeness (QED) is 0.499. The van der Waals surface area contributed by atoms with Crippen LogP contribution in [0.15, 0.2) is 36.9 Å². The third-order valence-electron chi connectivity index (χ3n) is 7.48. The van der Waals surface area contributed by atoms with Crippen LogP contribution in [0, 0.1) is 41.4 Å². The zero-order chi connectivity index (χ0) is 17.3. The van der Waals surface area contributed by atoms with Crippen LogP contribution in [0.3, 0.4) is 0 Å². The summed E-state index contributed by atoms with van der Waals surface area (Å²) in [5.74, 6) is 6.28. The number of hydrogen-bond acceptors (Lipinski definition) is 0. The van der Waals surface area contributed by atoms with E-state index in [2.05, 4.69) is 64.6 Å². The van der Waals surface area contributed by atoms with Gasteiger partial charge in [-0.15, -0.1) is 6.58 Å². The Kier molecular flexibility index (Phi) is 5.52. The van der Waals surface area contributed by atoms with Crippen molar-refractivity contribution in [1.82, 2.24) is 0 Å². The lowest BCUT2D eigenvalue weighted by Gasteiger charge is -2.51. The van der Waals surface area contributed by atoms with Gasteiger partial charge in [-0.25, -0.2) is 0 Å². The van der Waals surface area contributed by atoms with E-state index in [1.807, 2.05) is 0 Å². The van der Waals surface area contributed by atoms with Gasteiger partial charge >= 0.3 is 0 Å². The molecule has 132 valence electrons. The Balaban J connectivity index is 1.76. The molecule has 0 N–H and O–H groups in total. The highest BCUT2D eigenvalue weighted by molar-refractivity contribution is 5.25. The van der Waals surface area contributed by atoms with Crippen molar-refractivity contribution < 1.29 is 0 Å². The van der Waals surface area contributed by atoms with Crippen molar-refractivity contribution in [3.8, 4) is 0 Å². The van der Waals surface area contributed by atoms with Gasteiger partial charge in [-0.1, -0.05) is 70.9 Å². The van der Waals surface area contributed by atoms with E-state index in [9.17, 15) is 0 Å². The molecule has 2 aliphatic carbocycles. The molecule has 1 aromatic carbocycles. The standard InChI is InChI=1S/C24H36/c1-6-10-21-15-22(24-17(5)16(4)23(21)24)20(8-3)14-19-12-9-11-18(7-2)13-19/h8-9,11-13,16-17,20-24H,3,6-7,10,14-15H2,1-2,4-5H3. The Hall–Kier alpha value is -1.04. The molecule has 2 fully saturated rings. The van der Waals surface area contributed by atoms with E-state index < -0.39 is 0 Å². The molecule has 0 heterocycles. The number of aryl methyl sites for hydroxylation is 1. The van der Waals surface area contributed by atoms with E-state index in [0.29, 0.717) is 5.92 Å². The monoisotopic (exact) mass is 324 g/mol. The maximum atomic E-state index is 4.24. The van der Waals surface area contributed by atoms with Crippen molar-refractivity contribution in [3.05, 3.63) is 48.0 Å². The minimum absolute atomic E-state index is 0.654. The molecule has 0 aliphatic heterocycles. The maximum Gasteiger partial charge on any atom is -0.0164 e. The summed E-state index contributed by atoms with van der Waals surface area (Å²) in [4.78, 5) is 0. The molecule has 2 saturated carbocycles. The molecule has 0 bridgehead atoms. The van der Waals surface area contributed by atoms with Gasteiger partial charge in [-0.3, -0.25) is 0 Å². The van der Waals surface area contributed by atoms with E-state index in [4.69, 9.17) is 0 Å². The molecule has 2 aliphatic rings. The minimum atomic E-state index is 0.654. The number of allylic oxidation sites excluding steroid dienone is 1. The topological polar surface area (TPSA) is 0 Å². The summed E-state index contributed by atoms with van der Waals surface area (Å²) in [5.41, 5.74) is 2.98. The molecule has 0 heteroatoms. The average molecular weight is 325 g/mol. The Morgan fingerprint density at radius 3 is 2.50 bits per heavy atom. The molecule has 3 rings (SSSR count). The minimum Gasteiger partial charge on any atom is -0.103 e. The lowest BCUT2D eigenvalue weighted by molar-refractivity contribution is -0.0253. The molecular weight excluding hydrogens is 288 g/mol. The summed E-state index contributed by atoms with van der Waals surface area (Å²) >= 11 is 0.